The maximum atomic E-state index is 13.0. The minimum atomic E-state index is -4.37. The van der Waals surface area contributed by atoms with Gasteiger partial charge in [0, 0.05) is 19.5 Å². The highest BCUT2D eigenvalue weighted by Crippen LogP contribution is 2.39. The summed E-state index contributed by atoms with van der Waals surface area (Å²) in [6.45, 7) is 6.50. The van der Waals surface area contributed by atoms with E-state index in [4.69, 9.17) is 16.3 Å². The number of hydrogen-bond donors (Lipinski definition) is 0. The Kier molecular flexibility index (Phi) is 6.42. The summed E-state index contributed by atoms with van der Waals surface area (Å²) in [6.07, 6.45) is -0.541. The van der Waals surface area contributed by atoms with Gasteiger partial charge in [0.25, 0.3) is 0 Å². The maximum absolute atomic E-state index is 13.0. The molecule has 4 rings (SSSR count). The minimum Gasteiger partial charge on any atom is -0.444 e. The van der Waals surface area contributed by atoms with Gasteiger partial charge in [0.15, 0.2) is 5.15 Å². The normalized spacial score (nSPS) is 18.9. The molecular weight excluding hydrogens is 455 g/mol. The van der Waals surface area contributed by atoms with Crippen molar-refractivity contribution in [3.8, 4) is 0 Å². The first-order valence-corrected chi connectivity index (χ1v) is 11.7. The number of halogens is 4. The lowest BCUT2D eigenvalue weighted by atomic mass is 9.99. The molecule has 0 N–H and O–H groups in total. The van der Waals surface area contributed by atoms with Crippen molar-refractivity contribution in [3.05, 3.63) is 52.1 Å². The zero-order chi connectivity index (χ0) is 24.0. The quantitative estimate of drug-likeness (QED) is 0.492. The molecule has 0 radical (unpaired) electrons. The van der Waals surface area contributed by atoms with E-state index in [1.165, 1.54) is 25.0 Å². The number of fused-ring (bicyclic) bond motifs is 1. The van der Waals surface area contributed by atoms with E-state index in [-0.39, 0.29) is 6.04 Å². The molecule has 1 saturated carbocycles. The van der Waals surface area contributed by atoms with Crippen molar-refractivity contribution in [2.45, 2.75) is 77.2 Å². The molecule has 0 spiro atoms. The first kappa shape index (κ1) is 23.9. The molecule has 9 heteroatoms. The van der Waals surface area contributed by atoms with Crippen molar-refractivity contribution in [3.63, 3.8) is 0 Å². The highest BCUT2D eigenvalue weighted by Gasteiger charge is 2.38. The van der Waals surface area contributed by atoms with Gasteiger partial charge in [0.1, 0.15) is 11.4 Å². The van der Waals surface area contributed by atoms with Crippen LogP contribution in [0.15, 0.2) is 24.3 Å². The third-order valence-electron chi connectivity index (χ3n) is 6.08. The Morgan fingerprint density at radius 2 is 1.82 bits per heavy atom. The monoisotopic (exact) mass is 483 g/mol. The molecule has 2 aromatic rings. The van der Waals surface area contributed by atoms with Gasteiger partial charge < -0.3 is 9.30 Å². The smallest absolute Gasteiger partial charge is 0.416 e. The molecule has 1 aliphatic carbocycles. The summed E-state index contributed by atoms with van der Waals surface area (Å²) < 4.78 is 46.5. The number of nitrogens with zero attached hydrogens (tertiary/aromatic N) is 3. The minimum absolute atomic E-state index is 0.371. The Hall–Kier alpha value is -2.22. The molecule has 5 nitrogen and oxygen atoms in total. The number of rotatable bonds is 5. The van der Waals surface area contributed by atoms with E-state index in [0.29, 0.717) is 37.0 Å². The van der Waals surface area contributed by atoms with E-state index in [1.54, 1.807) is 4.90 Å². The predicted octanol–water partition coefficient (Wildman–Crippen LogP) is 6.43. The summed E-state index contributed by atoms with van der Waals surface area (Å²) in [7, 11) is 0. The second-order valence-corrected chi connectivity index (χ2v) is 10.3. The SMILES string of the molecule is CC(C)(C)OC(=O)N1CCn2c(CC3CC3)nc(Cl)c2C1CCc1ccc(C(F)(F)F)cc1. The number of carbonyl (C=O) groups is 1. The van der Waals surface area contributed by atoms with Crippen LogP contribution in [0.25, 0.3) is 0 Å². The van der Waals surface area contributed by atoms with Gasteiger partial charge in [0.2, 0.25) is 0 Å². The number of aryl methyl sites for hydroxylation is 1. The molecular formula is C24H29ClF3N3O2. The number of imidazole rings is 1. The Morgan fingerprint density at radius 3 is 2.39 bits per heavy atom. The average Bonchev–Trinajstić information content (AvgIpc) is 3.47. The average molecular weight is 484 g/mol. The van der Waals surface area contributed by atoms with Crippen LogP contribution in [0.5, 0.6) is 0 Å². The zero-order valence-corrected chi connectivity index (χ0v) is 19.8. The molecule has 2 aliphatic rings. The number of hydrogen-bond acceptors (Lipinski definition) is 3. The Labute approximate surface area is 196 Å². The van der Waals surface area contributed by atoms with Crippen LogP contribution >= 0.6 is 11.6 Å². The number of amides is 1. The van der Waals surface area contributed by atoms with Gasteiger partial charge in [-0.05, 0) is 70.1 Å². The largest absolute Gasteiger partial charge is 0.444 e. The molecule has 1 aliphatic heterocycles. The second kappa shape index (κ2) is 8.85. The van der Waals surface area contributed by atoms with E-state index < -0.39 is 23.4 Å². The van der Waals surface area contributed by atoms with Gasteiger partial charge in [-0.3, -0.25) is 4.90 Å². The molecule has 180 valence electrons. The Balaban J connectivity index is 1.59. The van der Waals surface area contributed by atoms with Crippen LogP contribution in [0, 0.1) is 5.92 Å². The molecule has 33 heavy (non-hydrogen) atoms. The highest BCUT2D eigenvalue weighted by molar-refractivity contribution is 6.30. The van der Waals surface area contributed by atoms with E-state index in [9.17, 15) is 18.0 Å². The molecule has 0 bridgehead atoms. The van der Waals surface area contributed by atoms with Gasteiger partial charge >= 0.3 is 12.3 Å². The molecule has 1 unspecified atom stereocenters. The fourth-order valence-electron chi connectivity index (χ4n) is 4.29. The maximum Gasteiger partial charge on any atom is 0.416 e. The summed E-state index contributed by atoms with van der Waals surface area (Å²) in [5.74, 6) is 1.59. The fourth-order valence-corrected chi connectivity index (χ4v) is 4.62. The number of alkyl halides is 3. The van der Waals surface area contributed by atoms with E-state index in [0.717, 1.165) is 35.6 Å². The zero-order valence-electron chi connectivity index (χ0n) is 19.1. The van der Waals surface area contributed by atoms with Gasteiger partial charge in [0.05, 0.1) is 17.3 Å². The van der Waals surface area contributed by atoms with E-state index in [1.807, 2.05) is 20.8 Å². The van der Waals surface area contributed by atoms with Crippen molar-refractivity contribution < 1.29 is 22.7 Å². The number of benzene rings is 1. The molecule has 1 aromatic heterocycles. The number of ether oxygens (including phenoxy) is 1. The predicted molar refractivity (Wildman–Crippen MR) is 119 cm³/mol. The topological polar surface area (TPSA) is 47.4 Å². The molecule has 1 fully saturated rings. The summed E-state index contributed by atoms with van der Waals surface area (Å²) in [6, 6.07) is 4.78. The summed E-state index contributed by atoms with van der Waals surface area (Å²) in [5, 5.41) is 0.385. The molecule has 1 amide bonds. The Morgan fingerprint density at radius 1 is 1.15 bits per heavy atom. The first-order chi connectivity index (χ1) is 15.4. The second-order valence-electron chi connectivity index (χ2n) is 9.93. The van der Waals surface area contributed by atoms with Crippen LogP contribution in [0.1, 0.15) is 68.7 Å². The lowest BCUT2D eigenvalue weighted by Gasteiger charge is -2.38. The van der Waals surface area contributed by atoms with Gasteiger partial charge in [-0.15, -0.1) is 0 Å². The van der Waals surface area contributed by atoms with Crippen LogP contribution in [0.3, 0.4) is 0 Å². The summed E-state index contributed by atoms with van der Waals surface area (Å²) >= 11 is 6.58. The summed E-state index contributed by atoms with van der Waals surface area (Å²) in [5.41, 5.74) is 0.229. The van der Waals surface area contributed by atoms with Crippen molar-refractivity contribution in [2.24, 2.45) is 5.92 Å². The summed E-state index contributed by atoms with van der Waals surface area (Å²) in [4.78, 5) is 19.3. The molecule has 0 saturated heterocycles. The van der Waals surface area contributed by atoms with E-state index >= 15 is 0 Å². The van der Waals surface area contributed by atoms with Gasteiger partial charge in [-0.25, -0.2) is 9.78 Å². The van der Waals surface area contributed by atoms with Crippen LogP contribution in [0.4, 0.5) is 18.0 Å². The van der Waals surface area contributed by atoms with Crippen LogP contribution in [-0.4, -0.2) is 32.7 Å². The molecule has 1 aromatic carbocycles. The third kappa shape index (κ3) is 5.65. The molecule has 1 atom stereocenters. The first-order valence-electron chi connectivity index (χ1n) is 11.3. The van der Waals surface area contributed by atoms with Crippen molar-refractivity contribution in [2.75, 3.05) is 6.54 Å². The lowest BCUT2D eigenvalue weighted by Crippen LogP contribution is -2.45. The fraction of sp³-hybridized carbons (Fsp3) is 0.583. The van der Waals surface area contributed by atoms with Crippen LogP contribution < -0.4 is 0 Å². The van der Waals surface area contributed by atoms with Gasteiger partial charge in [-0.2, -0.15) is 13.2 Å². The lowest BCUT2D eigenvalue weighted by molar-refractivity contribution is -0.137. The van der Waals surface area contributed by atoms with Crippen molar-refractivity contribution >= 4 is 17.7 Å². The number of aromatic nitrogens is 2. The molecule has 2 heterocycles. The highest BCUT2D eigenvalue weighted by atomic mass is 35.5. The standard InChI is InChI=1S/C24H29ClF3N3O2/c1-23(2,3)33-22(32)30-12-13-31-19(14-16-4-5-16)29-21(25)20(31)18(30)11-8-15-6-9-17(10-7-15)24(26,27)28/h6-7,9-10,16,18H,4-5,8,11-14H2,1-3H3. The van der Waals surface area contributed by atoms with Crippen molar-refractivity contribution in [1.29, 1.82) is 0 Å². The van der Waals surface area contributed by atoms with Crippen LogP contribution in [0.2, 0.25) is 5.15 Å². The third-order valence-corrected chi connectivity index (χ3v) is 6.36. The van der Waals surface area contributed by atoms with Gasteiger partial charge in [-0.1, -0.05) is 23.7 Å². The van der Waals surface area contributed by atoms with Crippen LogP contribution in [-0.2, 0) is 30.3 Å². The Bertz CT molecular complexity index is 1010. The number of carbonyl (C=O) groups excluding carboxylic acids is 1. The van der Waals surface area contributed by atoms with Crippen molar-refractivity contribution in [1.82, 2.24) is 14.5 Å². The van der Waals surface area contributed by atoms with E-state index in [2.05, 4.69) is 9.55 Å².